The van der Waals surface area contributed by atoms with Gasteiger partial charge in [-0.3, -0.25) is 4.79 Å². The highest BCUT2D eigenvalue weighted by atomic mass is 35.5. The van der Waals surface area contributed by atoms with Gasteiger partial charge in [0, 0.05) is 13.2 Å². The Kier molecular flexibility index (Phi) is 4.82. The van der Waals surface area contributed by atoms with Gasteiger partial charge in [0.25, 0.3) is 5.56 Å². The van der Waals surface area contributed by atoms with Crippen LogP contribution in [0.25, 0.3) is 5.82 Å². The zero-order valence-corrected chi connectivity index (χ0v) is 16.1. The average Bonchev–Trinajstić information content (AvgIpc) is 3.13. The van der Waals surface area contributed by atoms with Crippen molar-refractivity contribution in [2.45, 2.75) is 25.1 Å². The first-order valence-electron chi connectivity index (χ1n) is 8.89. The van der Waals surface area contributed by atoms with Crippen LogP contribution in [-0.2, 0) is 12.6 Å². The number of anilines is 1. The number of rotatable bonds is 3. The fraction of sp³-hybridized carbons (Fsp3) is 0.250. The van der Waals surface area contributed by atoms with E-state index in [1.165, 1.54) is 17.3 Å². The molecule has 2 aromatic heterocycles. The molecule has 0 unspecified atom stereocenters. The van der Waals surface area contributed by atoms with Crippen molar-refractivity contribution in [3.63, 3.8) is 0 Å². The largest absolute Gasteiger partial charge is 0.417 e. The Morgan fingerprint density at radius 2 is 1.93 bits per heavy atom. The Bertz CT molecular complexity index is 1110. The average molecular weight is 421 g/mol. The second-order valence-corrected chi connectivity index (χ2v) is 7.21. The van der Waals surface area contributed by atoms with E-state index in [0.29, 0.717) is 11.9 Å². The monoisotopic (exact) mass is 420 g/mol. The molecule has 2 heterocycles. The van der Waals surface area contributed by atoms with Gasteiger partial charge in [-0.05, 0) is 36.1 Å². The molecule has 0 saturated carbocycles. The van der Waals surface area contributed by atoms with Crippen LogP contribution in [0.5, 0.6) is 0 Å². The van der Waals surface area contributed by atoms with Crippen molar-refractivity contribution in [2.24, 2.45) is 0 Å². The van der Waals surface area contributed by atoms with Crippen molar-refractivity contribution in [3.8, 4) is 5.82 Å². The number of aryl methyl sites for hydroxylation is 1. The van der Waals surface area contributed by atoms with Crippen LogP contribution in [0.1, 0.15) is 29.2 Å². The van der Waals surface area contributed by atoms with Gasteiger partial charge in [-0.2, -0.15) is 23.0 Å². The molecule has 9 heteroatoms. The highest BCUT2D eigenvalue weighted by Gasteiger charge is 2.31. The predicted octanol–water partition coefficient (Wildman–Crippen LogP) is 4.42. The van der Waals surface area contributed by atoms with E-state index >= 15 is 0 Å². The van der Waals surface area contributed by atoms with Crippen LogP contribution in [-0.4, -0.2) is 21.8 Å². The van der Waals surface area contributed by atoms with Gasteiger partial charge in [-0.15, -0.1) is 0 Å². The van der Waals surface area contributed by atoms with E-state index in [-0.39, 0.29) is 16.9 Å². The van der Waals surface area contributed by atoms with Crippen molar-refractivity contribution in [3.05, 3.63) is 80.9 Å². The number of pyridine rings is 1. The molecule has 29 heavy (non-hydrogen) atoms. The van der Waals surface area contributed by atoms with Crippen molar-refractivity contribution < 1.29 is 13.2 Å². The molecular formula is C20H16ClF3N4O. The number of fused-ring (bicyclic) bond motifs is 1. The van der Waals surface area contributed by atoms with Crippen molar-refractivity contribution in [1.82, 2.24) is 14.8 Å². The van der Waals surface area contributed by atoms with Gasteiger partial charge in [0.05, 0.1) is 23.5 Å². The first kappa shape index (κ1) is 19.4. The van der Waals surface area contributed by atoms with Crippen molar-refractivity contribution in [2.75, 3.05) is 11.9 Å². The highest BCUT2D eigenvalue weighted by Crippen LogP contribution is 2.38. The van der Waals surface area contributed by atoms with E-state index in [2.05, 4.69) is 22.2 Å². The minimum atomic E-state index is -4.51. The summed E-state index contributed by atoms with van der Waals surface area (Å²) in [5.74, 6) is -0.0367. The maximum atomic E-state index is 12.7. The zero-order chi connectivity index (χ0) is 20.8. The molecule has 150 valence electrons. The second kappa shape index (κ2) is 7.18. The summed E-state index contributed by atoms with van der Waals surface area (Å²) in [6, 6.07) is 10.1. The molecule has 1 aromatic carbocycles. The normalized spacial score (nSPS) is 16.0. The molecule has 1 aliphatic carbocycles. The fourth-order valence-electron chi connectivity index (χ4n) is 3.62. The molecule has 1 aliphatic rings. The predicted molar refractivity (Wildman–Crippen MR) is 104 cm³/mol. The van der Waals surface area contributed by atoms with Gasteiger partial charge in [0.1, 0.15) is 5.02 Å². The summed E-state index contributed by atoms with van der Waals surface area (Å²) in [6.07, 6.45) is -0.596. The maximum absolute atomic E-state index is 12.7. The molecule has 0 N–H and O–H groups in total. The third-order valence-corrected chi connectivity index (χ3v) is 5.50. The zero-order valence-electron chi connectivity index (χ0n) is 15.3. The molecule has 4 rings (SSSR count). The summed E-state index contributed by atoms with van der Waals surface area (Å²) in [5.41, 5.74) is 1.35. The molecule has 0 amide bonds. The summed E-state index contributed by atoms with van der Waals surface area (Å²) < 4.78 is 39.0. The van der Waals surface area contributed by atoms with E-state index in [4.69, 9.17) is 11.6 Å². The van der Waals surface area contributed by atoms with Crippen LogP contribution in [0, 0.1) is 0 Å². The van der Waals surface area contributed by atoms with Crippen molar-refractivity contribution >= 4 is 17.3 Å². The molecule has 0 radical (unpaired) electrons. The number of nitrogens with zero attached hydrogens (tertiary/aromatic N) is 4. The number of hydrogen-bond acceptors (Lipinski definition) is 4. The van der Waals surface area contributed by atoms with Gasteiger partial charge in [0.2, 0.25) is 0 Å². The van der Waals surface area contributed by atoms with Crippen LogP contribution >= 0.6 is 11.6 Å². The van der Waals surface area contributed by atoms with Crippen molar-refractivity contribution in [1.29, 1.82) is 0 Å². The number of benzene rings is 1. The lowest BCUT2D eigenvalue weighted by molar-refractivity contribution is -0.137. The van der Waals surface area contributed by atoms with Gasteiger partial charge in [-0.25, -0.2) is 4.98 Å². The Morgan fingerprint density at radius 3 is 2.62 bits per heavy atom. The van der Waals surface area contributed by atoms with Gasteiger partial charge in [0.15, 0.2) is 5.82 Å². The number of hydrogen-bond donors (Lipinski definition) is 0. The lowest BCUT2D eigenvalue weighted by Gasteiger charge is -2.28. The molecule has 0 spiro atoms. The SMILES string of the molecule is CN(c1cnn(-c2ccc(C(F)(F)F)cn2)c(=O)c1Cl)[C@H]1CCc2ccccc21. The Morgan fingerprint density at radius 1 is 1.17 bits per heavy atom. The highest BCUT2D eigenvalue weighted by molar-refractivity contribution is 6.33. The second-order valence-electron chi connectivity index (χ2n) is 6.83. The third-order valence-electron chi connectivity index (χ3n) is 5.14. The van der Waals surface area contributed by atoms with E-state index in [0.717, 1.165) is 29.7 Å². The van der Waals surface area contributed by atoms with Crippen LogP contribution in [0.3, 0.4) is 0 Å². The minimum absolute atomic E-state index is 0.0367. The van der Waals surface area contributed by atoms with E-state index in [1.807, 2.05) is 24.1 Å². The summed E-state index contributed by atoms with van der Waals surface area (Å²) in [6.45, 7) is 0. The lowest BCUT2D eigenvalue weighted by Crippen LogP contribution is -2.28. The van der Waals surface area contributed by atoms with E-state index in [1.54, 1.807) is 0 Å². The van der Waals surface area contributed by atoms with Gasteiger partial charge in [-0.1, -0.05) is 35.9 Å². The smallest absolute Gasteiger partial charge is 0.365 e. The van der Waals surface area contributed by atoms with E-state index < -0.39 is 17.3 Å². The topological polar surface area (TPSA) is 51.0 Å². The fourth-order valence-corrected chi connectivity index (χ4v) is 3.88. The third kappa shape index (κ3) is 3.48. The summed E-state index contributed by atoms with van der Waals surface area (Å²) in [4.78, 5) is 18.3. The number of alkyl halides is 3. The molecule has 0 bridgehead atoms. The van der Waals surface area contributed by atoms with Crippen LogP contribution in [0.2, 0.25) is 5.02 Å². The van der Waals surface area contributed by atoms with Gasteiger partial charge >= 0.3 is 6.18 Å². The standard InChI is InChI=1S/C20H16ClF3N4O/c1-27(15-8-6-12-4-2-3-5-14(12)15)16-11-26-28(19(29)18(16)21)17-9-7-13(10-25-17)20(22,23)24/h2-5,7,9-11,15H,6,8H2,1H3/t15-/m0/s1. The Hall–Kier alpha value is -2.87. The summed E-state index contributed by atoms with van der Waals surface area (Å²) >= 11 is 6.33. The first-order chi connectivity index (χ1) is 13.8. The molecule has 3 aromatic rings. The lowest BCUT2D eigenvalue weighted by atomic mass is 10.1. The summed E-state index contributed by atoms with van der Waals surface area (Å²) in [5, 5.41) is 4.02. The van der Waals surface area contributed by atoms with Crippen LogP contribution in [0.15, 0.2) is 53.6 Å². The molecule has 0 aliphatic heterocycles. The molecular weight excluding hydrogens is 405 g/mol. The van der Waals surface area contributed by atoms with Crippen LogP contribution < -0.4 is 10.5 Å². The first-order valence-corrected chi connectivity index (χ1v) is 9.27. The van der Waals surface area contributed by atoms with Crippen LogP contribution in [0.4, 0.5) is 18.9 Å². The van der Waals surface area contributed by atoms with Gasteiger partial charge < -0.3 is 4.90 Å². The Labute approximate surface area is 169 Å². The minimum Gasteiger partial charge on any atom is -0.365 e. The van der Waals surface area contributed by atoms with E-state index in [9.17, 15) is 18.0 Å². The Balaban J connectivity index is 1.67. The number of halogens is 4. The molecule has 0 fully saturated rings. The summed E-state index contributed by atoms with van der Waals surface area (Å²) in [7, 11) is 1.84. The molecule has 5 nitrogen and oxygen atoms in total. The maximum Gasteiger partial charge on any atom is 0.417 e. The molecule has 1 atom stereocenters. The number of aromatic nitrogens is 3. The quantitative estimate of drug-likeness (QED) is 0.629. The molecule has 0 saturated heterocycles.